The molecule has 19 heavy (non-hydrogen) atoms. The van der Waals surface area contributed by atoms with Crippen molar-refractivity contribution in [3.8, 4) is 0 Å². The van der Waals surface area contributed by atoms with Crippen LogP contribution in [0.3, 0.4) is 0 Å². The van der Waals surface area contributed by atoms with Crippen LogP contribution in [0.5, 0.6) is 0 Å². The van der Waals surface area contributed by atoms with Crippen molar-refractivity contribution in [1.29, 1.82) is 0 Å². The van der Waals surface area contributed by atoms with E-state index in [0.717, 1.165) is 32.4 Å². The Morgan fingerprint density at radius 1 is 1.16 bits per heavy atom. The maximum absolute atomic E-state index is 5.71. The van der Waals surface area contributed by atoms with Gasteiger partial charge in [-0.1, -0.05) is 20.3 Å². The van der Waals surface area contributed by atoms with Crippen molar-refractivity contribution in [2.75, 3.05) is 6.54 Å². The highest BCUT2D eigenvalue weighted by Crippen LogP contribution is 2.22. The van der Waals surface area contributed by atoms with Gasteiger partial charge in [0.2, 0.25) is 0 Å². The van der Waals surface area contributed by atoms with Gasteiger partial charge in [-0.3, -0.25) is 0 Å². The van der Waals surface area contributed by atoms with E-state index < -0.39 is 0 Å². The first kappa shape index (κ1) is 14.5. The SMILES string of the molecule is CC(C)C(CCN)CCc1nnc2n1CCCCC2. The fourth-order valence-corrected chi connectivity index (χ4v) is 3.07. The van der Waals surface area contributed by atoms with Crippen molar-refractivity contribution in [1.82, 2.24) is 14.8 Å². The van der Waals surface area contributed by atoms with Crippen LogP contribution in [-0.2, 0) is 19.4 Å². The molecule has 0 spiro atoms. The number of aryl methyl sites for hydroxylation is 2. The summed E-state index contributed by atoms with van der Waals surface area (Å²) in [5.74, 6) is 3.81. The van der Waals surface area contributed by atoms with Crippen LogP contribution in [-0.4, -0.2) is 21.3 Å². The molecule has 1 aromatic heterocycles. The molecule has 0 aromatic carbocycles. The van der Waals surface area contributed by atoms with Crippen LogP contribution in [0.1, 0.15) is 57.6 Å². The van der Waals surface area contributed by atoms with Crippen molar-refractivity contribution in [3.05, 3.63) is 11.6 Å². The van der Waals surface area contributed by atoms with Crippen molar-refractivity contribution in [3.63, 3.8) is 0 Å². The Morgan fingerprint density at radius 2 is 2.00 bits per heavy atom. The van der Waals surface area contributed by atoms with Gasteiger partial charge in [0, 0.05) is 19.4 Å². The second-order valence-corrected chi connectivity index (χ2v) is 6.11. The van der Waals surface area contributed by atoms with Gasteiger partial charge >= 0.3 is 0 Å². The summed E-state index contributed by atoms with van der Waals surface area (Å²) < 4.78 is 2.37. The lowest BCUT2D eigenvalue weighted by Gasteiger charge is -2.19. The predicted octanol–water partition coefficient (Wildman–Crippen LogP) is 2.56. The summed E-state index contributed by atoms with van der Waals surface area (Å²) in [5.41, 5.74) is 5.71. The van der Waals surface area contributed by atoms with Crippen LogP contribution in [0, 0.1) is 11.8 Å². The number of nitrogens with two attached hydrogens (primary N) is 1. The predicted molar refractivity (Wildman–Crippen MR) is 77.9 cm³/mol. The fourth-order valence-electron chi connectivity index (χ4n) is 3.07. The molecule has 0 bridgehead atoms. The molecule has 1 unspecified atom stereocenters. The second kappa shape index (κ2) is 7.04. The average molecular weight is 264 g/mol. The van der Waals surface area contributed by atoms with Crippen LogP contribution < -0.4 is 5.73 Å². The topological polar surface area (TPSA) is 56.7 Å². The molecule has 2 N–H and O–H groups in total. The largest absolute Gasteiger partial charge is 0.330 e. The van der Waals surface area contributed by atoms with Crippen LogP contribution in [0.2, 0.25) is 0 Å². The summed E-state index contributed by atoms with van der Waals surface area (Å²) in [6, 6.07) is 0. The third kappa shape index (κ3) is 3.78. The molecule has 0 aliphatic carbocycles. The Hall–Kier alpha value is -0.900. The van der Waals surface area contributed by atoms with E-state index in [1.807, 2.05) is 0 Å². The molecule has 1 aliphatic heterocycles. The molecular weight excluding hydrogens is 236 g/mol. The summed E-state index contributed by atoms with van der Waals surface area (Å²) in [6.07, 6.45) is 8.32. The van der Waals surface area contributed by atoms with Crippen molar-refractivity contribution in [2.24, 2.45) is 17.6 Å². The lowest BCUT2D eigenvalue weighted by Crippen LogP contribution is -2.16. The zero-order valence-corrected chi connectivity index (χ0v) is 12.4. The minimum Gasteiger partial charge on any atom is -0.330 e. The van der Waals surface area contributed by atoms with Crippen LogP contribution in [0.4, 0.5) is 0 Å². The highest BCUT2D eigenvalue weighted by Gasteiger charge is 2.17. The van der Waals surface area contributed by atoms with Crippen molar-refractivity contribution < 1.29 is 0 Å². The molecule has 0 amide bonds. The summed E-state index contributed by atoms with van der Waals surface area (Å²) in [5, 5.41) is 8.79. The lowest BCUT2D eigenvalue weighted by atomic mass is 9.88. The Kier molecular flexibility index (Phi) is 5.37. The first-order valence-corrected chi connectivity index (χ1v) is 7.83. The van der Waals surface area contributed by atoms with Crippen molar-refractivity contribution in [2.45, 2.75) is 65.3 Å². The van der Waals surface area contributed by atoms with E-state index in [2.05, 4.69) is 28.6 Å². The number of hydrogen-bond acceptors (Lipinski definition) is 3. The lowest BCUT2D eigenvalue weighted by molar-refractivity contribution is 0.337. The van der Waals surface area contributed by atoms with E-state index in [1.165, 1.54) is 37.3 Å². The molecule has 0 radical (unpaired) electrons. The van der Waals surface area contributed by atoms with Gasteiger partial charge in [-0.2, -0.15) is 0 Å². The fraction of sp³-hybridized carbons (Fsp3) is 0.867. The molecule has 4 heteroatoms. The Bertz CT molecular complexity index is 383. The number of nitrogens with zero attached hydrogens (tertiary/aromatic N) is 3. The van der Waals surface area contributed by atoms with Gasteiger partial charge in [0.15, 0.2) is 0 Å². The van der Waals surface area contributed by atoms with Gasteiger partial charge < -0.3 is 10.3 Å². The zero-order valence-electron chi connectivity index (χ0n) is 12.4. The van der Waals surface area contributed by atoms with E-state index in [1.54, 1.807) is 0 Å². The monoisotopic (exact) mass is 264 g/mol. The van der Waals surface area contributed by atoms with E-state index >= 15 is 0 Å². The number of hydrogen-bond donors (Lipinski definition) is 1. The molecule has 2 rings (SSSR count). The average Bonchev–Trinajstić information content (AvgIpc) is 2.62. The summed E-state index contributed by atoms with van der Waals surface area (Å²) in [7, 11) is 0. The molecule has 0 fully saturated rings. The molecule has 4 nitrogen and oxygen atoms in total. The van der Waals surface area contributed by atoms with Gasteiger partial charge in [0.05, 0.1) is 0 Å². The Labute approximate surface area is 116 Å². The molecule has 2 heterocycles. The molecular formula is C15H28N4. The smallest absolute Gasteiger partial charge is 0.133 e. The summed E-state index contributed by atoms with van der Waals surface area (Å²) >= 11 is 0. The molecule has 1 aromatic rings. The maximum Gasteiger partial charge on any atom is 0.133 e. The van der Waals surface area contributed by atoms with Crippen LogP contribution in [0.25, 0.3) is 0 Å². The molecule has 0 saturated carbocycles. The molecule has 108 valence electrons. The maximum atomic E-state index is 5.71. The van der Waals surface area contributed by atoms with E-state index in [0.29, 0.717) is 11.8 Å². The highest BCUT2D eigenvalue weighted by atomic mass is 15.3. The molecule has 1 atom stereocenters. The van der Waals surface area contributed by atoms with Crippen molar-refractivity contribution >= 4 is 0 Å². The molecule has 0 saturated heterocycles. The number of fused-ring (bicyclic) bond motifs is 1. The standard InChI is InChI=1S/C15H28N4/c1-12(2)13(9-10-16)7-8-15-18-17-14-6-4-3-5-11-19(14)15/h12-13H,3-11,16H2,1-2H3. The van der Waals surface area contributed by atoms with Gasteiger partial charge in [-0.15, -0.1) is 10.2 Å². The number of rotatable bonds is 6. The van der Waals surface area contributed by atoms with Gasteiger partial charge in [-0.05, 0) is 44.1 Å². The van der Waals surface area contributed by atoms with Crippen LogP contribution in [0.15, 0.2) is 0 Å². The Balaban J connectivity index is 1.97. The van der Waals surface area contributed by atoms with Crippen LogP contribution >= 0.6 is 0 Å². The summed E-state index contributed by atoms with van der Waals surface area (Å²) in [6.45, 7) is 6.50. The summed E-state index contributed by atoms with van der Waals surface area (Å²) in [4.78, 5) is 0. The second-order valence-electron chi connectivity index (χ2n) is 6.11. The highest BCUT2D eigenvalue weighted by molar-refractivity contribution is 4.98. The minimum absolute atomic E-state index is 0.704. The van der Waals surface area contributed by atoms with Gasteiger partial charge in [-0.25, -0.2) is 0 Å². The first-order chi connectivity index (χ1) is 9.22. The normalized spacial score (nSPS) is 17.3. The van der Waals surface area contributed by atoms with Gasteiger partial charge in [0.25, 0.3) is 0 Å². The first-order valence-electron chi connectivity index (χ1n) is 7.83. The van der Waals surface area contributed by atoms with E-state index in [9.17, 15) is 0 Å². The van der Waals surface area contributed by atoms with Gasteiger partial charge in [0.1, 0.15) is 11.6 Å². The minimum atomic E-state index is 0.704. The van der Waals surface area contributed by atoms with E-state index in [4.69, 9.17) is 5.73 Å². The quantitative estimate of drug-likeness (QED) is 0.859. The zero-order chi connectivity index (χ0) is 13.7. The molecule has 1 aliphatic rings. The Morgan fingerprint density at radius 3 is 2.74 bits per heavy atom. The van der Waals surface area contributed by atoms with E-state index in [-0.39, 0.29) is 0 Å². The third-order valence-corrected chi connectivity index (χ3v) is 4.41. The third-order valence-electron chi connectivity index (χ3n) is 4.41. The number of aromatic nitrogens is 3.